The first-order valence-electron chi connectivity index (χ1n) is 9.78. The van der Waals surface area contributed by atoms with Gasteiger partial charge in [-0.25, -0.2) is 18.4 Å². The predicted octanol–water partition coefficient (Wildman–Crippen LogP) is 4.88. The molecule has 0 saturated heterocycles. The number of thiazole rings is 2. The van der Waals surface area contributed by atoms with E-state index in [1.807, 2.05) is 47.9 Å². The third kappa shape index (κ3) is 4.25. The maximum absolute atomic E-state index is 12.9. The Morgan fingerprint density at radius 2 is 1.82 bits per heavy atom. The molecule has 0 aliphatic carbocycles. The summed E-state index contributed by atoms with van der Waals surface area (Å²) in [6, 6.07) is 15.8. The summed E-state index contributed by atoms with van der Waals surface area (Å²) in [5.74, 6) is -0.277. The summed E-state index contributed by atoms with van der Waals surface area (Å²) >= 11 is 2.50. The first-order valence-corrected chi connectivity index (χ1v) is 13.0. The van der Waals surface area contributed by atoms with Gasteiger partial charge in [0.2, 0.25) is 0 Å². The molecule has 11 heteroatoms. The largest absolute Gasteiger partial charge is 0.321 e. The molecule has 8 nitrogen and oxygen atoms in total. The van der Waals surface area contributed by atoms with E-state index in [0.29, 0.717) is 15.7 Å². The molecule has 0 aliphatic heterocycles. The van der Waals surface area contributed by atoms with Crippen molar-refractivity contribution in [1.82, 2.24) is 14.4 Å². The molecule has 5 aromatic rings. The zero-order valence-corrected chi connectivity index (χ0v) is 19.7. The molecular weight excluding hydrogens is 478 g/mol. The van der Waals surface area contributed by atoms with Gasteiger partial charge in [-0.2, -0.15) is 0 Å². The lowest BCUT2D eigenvalue weighted by Gasteiger charge is -2.08. The third-order valence-electron chi connectivity index (χ3n) is 4.91. The second-order valence-electron chi connectivity index (χ2n) is 7.08. The van der Waals surface area contributed by atoms with Crippen LogP contribution in [0.3, 0.4) is 0 Å². The molecule has 0 saturated carbocycles. The number of fused-ring (bicyclic) bond motifs is 1. The van der Waals surface area contributed by atoms with Crippen LogP contribution >= 0.6 is 22.7 Å². The molecule has 3 heterocycles. The van der Waals surface area contributed by atoms with Gasteiger partial charge in [-0.05, 0) is 31.2 Å². The van der Waals surface area contributed by atoms with Crippen molar-refractivity contribution in [3.05, 3.63) is 82.9 Å². The predicted molar refractivity (Wildman–Crippen MR) is 131 cm³/mol. The van der Waals surface area contributed by atoms with Gasteiger partial charge in [0.15, 0.2) is 10.1 Å². The van der Waals surface area contributed by atoms with Gasteiger partial charge in [0.1, 0.15) is 4.88 Å². The second kappa shape index (κ2) is 8.43. The Kier molecular flexibility index (Phi) is 5.44. The Morgan fingerprint density at radius 1 is 1.06 bits per heavy atom. The second-order valence-corrected chi connectivity index (χ2v) is 10.6. The lowest BCUT2D eigenvalue weighted by atomic mass is 10.2. The van der Waals surface area contributed by atoms with Crippen molar-refractivity contribution >= 4 is 54.4 Å². The molecule has 0 unspecified atom stereocenters. The first-order chi connectivity index (χ1) is 15.9. The first kappa shape index (κ1) is 21.3. The number of aromatic nitrogens is 3. The van der Waals surface area contributed by atoms with Crippen molar-refractivity contribution in [2.75, 3.05) is 10.0 Å². The lowest BCUT2D eigenvalue weighted by Crippen LogP contribution is -2.14. The van der Waals surface area contributed by atoms with Gasteiger partial charge in [-0.3, -0.25) is 13.9 Å². The van der Waals surface area contributed by atoms with Crippen LogP contribution in [0, 0.1) is 6.92 Å². The van der Waals surface area contributed by atoms with Gasteiger partial charge in [0.25, 0.3) is 15.9 Å². The molecule has 1 amide bonds. The molecule has 0 radical (unpaired) electrons. The highest BCUT2D eigenvalue weighted by molar-refractivity contribution is 7.93. The summed E-state index contributed by atoms with van der Waals surface area (Å²) in [5, 5.41) is 4.80. The summed E-state index contributed by atoms with van der Waals surface area (Å²) < 4.78 is 29.2. The number of hydrogen-bond donors (Lipinski definition) is 2. The van der Waals surface area contributed by atoms with Crippen LogP contribution in [0.25, 0.3) is 16.2 Å². The summed E-state index contributed by atoms with van der Waals surface area (Å²) in [4.78, 5) is 22.8. The van der Waals surface area contributed by atoms with Gasteiger partial charge in [-0.15, -0.1) is 11.3 Å². The van der Waals surface area contributed by atoms with Crippen LogP contribution in [0.1, 0.15) is 15.4 Å². The monoisotopic (exact) mass is 495 g/mol. The molecule has 0 fully saturated rings. The Labute approximate surface area is 197 Å². The average Bonchev–Trinajstić information content (AvgIpc) is 3.53. The number of anilines is 2. The number of sulfonamides is 1. The van der Waals surface area contributed by atoms with Crippen LogP contribution in [-0.2, 0) is 10.0 Å². The van der Waals surface area contributed by atoms with Crippen molar-refractivity contribution in [2.24, 2.45) is 0 Å². The van der Waals surface area contributed by atoms with Crippen LogP contribution in [0.4, 0.5) is 10.8 Å². The Hall–Kier alpha value is -3.54. The van der Waals surface area contributed by atoms with E-state index in [4.69, 9.17) is 0 Å². The smallest absolute Gasteiger partial charge is 0.267 e. The average molecular weight is 496 g/mol. The molecule has 2 N–H and O–H groups in total. The molecule has 0 spiro atoms. The highest BCUT2D eigenvalue weighted by Gasteiger charge is 2.19. The number of nitrogens with one attached hydrogen (secondary N) is 2. The minimum Gasteiger partial charge on any atom is -0.321 e. The fourth-order valence-electron chi connectivity index (χ4n) is 3.26. The van der Waals surface area contributed by atoms with Crippen LogP contribution in [0.15, 0.2) is 77.3 Å². The van der Waals surface area contributed by atoms with E-state index in [1.54, 1.807) is 17.5 Å². The number of carbonyl (C=O) groups excluding carboxylic acids is 1. The van der Waals surface area contributed by atoms with Crippen LogP contribution in [0.2, 0.25) is 0 Å². The quantitative estimate of drug-likeness (QED) is 0.349. The lowest BCUT2D eigenvalue weighted by molar-refractivity contribution is 0.102. The maximum Gasteiger partial charge on any atom is 0.267 e. The standard InChI is InChI=1S/C22H17N5O3S3/c1-14-19(32-22-25-18(13-27(14)22)15-5-3-2-4-6-15)20(28)24-16-7-9-17(10-8-16)33(29,30)26-21-23-11-12-31-21/h2-13H,1H3,(H,23,26)(H,24,28). The van der Waals surface area contributed by atoms with Gasteiger partial charge >= 0.3 is 0 Å². The van der Waals surface area contributed by atoms with E-state index in [9.17, 15) is 13.2 Å². The van der Waals surface area contributed by atoms with Crippen LogP contribution in [0.5, 0.6) is 0 Å². The third-order valence-corrected chi connectivity index (χ3v) is 8.24. The number of rotatable bonds is 6. The van der Waals surface area contributed by atoms with E-state index in [0.717, 1.165) is 21.9 Å². The van der Waals surface area contributed by atoms with Crippen molar-refractivity contribution in [3.63, 3.8) is 0 Å². The fourth-order valence-corrected chi connectivity index (χ4v) is 6.05. The highest BCUT2D eigenvalue weighted by Crippen LogP contribution is 2.28. The number of nitrogens with zero attached hydrogens (tertiary/aromatic N) is 3. The van der Waals surface area contributed by atoms with Crippen molar-refractivity contribution in [1.29, 1.82) is 0 Å². The van der Waals surface area contributed by atoms with E-state index in [2.05, 4.69) is 20.0 Å². The fraction of sp³-hybridized carbons (Fsp3) is 0.0455. The summed E-state index contributed by atoms with van der Waals surface area (Å²) in [5.41, 5.74) is 3.14. The summed E-state index contributed by atoms with van der Waals surface area (Å²) in [7, 11) is -3.75. The molecule has 0 aliphatic rings. The van der Waals surface area contributed by atoms with E-state index < -0.39 is 10.0 Å². The number of imidazole rings is 1. The number of aryl methyl sites for hydroxylation is 1. The van der Waals surface area contributed by atoms with Gasteiger partial charge in [0, 0.05) is 34.7 Å². The minimum atomic E-state index is -3.75. The molecule has 166 valence electrons. The Balaban J connectivity index is 1.33. The molecule has 33 heavy (non-hydrogen) atoms. The normalized spacial score (nSPS) is 11.5. The molecular formula is C22H17N5O3S3. The Bertz CT molecular complexity index is 1540. The maximum atomic E-state index is 12.9. The highest BCUT2D eigenvalue weighted by atomic mass is 32.2. The number of amides is 1. The van der Waals surface area contributed by atoms with Crippen LogP contribution < -0.4 is 10.0 Å². The van der Waals surface area contributed by atoms with Gasteiger partial charge in [0.05, 0.1) is 10.6 Å². The number of benzene rings is 2. The minimum absolute atomic E-state index is 0.0786. The Morgan fingerprint density at radius 3 is 2.48 bits per heavy atom. The number of hydrogen-bond acceptors (Lipinski definition) is 7. The van der Waals surface area contributed by atoms with Crippen molar-refractivity contribution in [2.45, 2.75) is 11.8 Å². The zero-order valence-electron chi connectivity index (χ0n) is 17.2. The topological polar surface area (TPSA) is 105 Å². The van der Waals surface area contributed by atoms with E-state index in [-0.39, 0.29) is 10.8 Å². The van der Waals surface area contributed by atoms with Crippen LogP contribution in [-0.4, -0.2) is 28.7 Å². The SMILES string of the molecule is Cc1c(C(=O)Nc2ccc(S(=O)(=O)Nc3nccs3)cc2)sc2nc(-c3ccccc3)cn12. The van der Waals surface area contributed by atoms with Crippen molar-refractivity contribution in [3.8, 4) is 11.3 Å². The summed E-state index contributed by atoms with van der Waals surface area (Å²) in [6.45, 7) is 1.87. The molecule has 0 atom stereocenters. The summed E-state index contributed by atoms with van der Waals surface area (Å²) in [6.07, 6.45) is 3.44. The van der Waals surface area contributed by atoms with Gasteiger partial charge < -0.3 is 5.32 Å². The van der Waals surface area contributed by atoms with Crippen molar-refractivity contribution < 1.29 is 13.2 Å². The molecule has 5 rings (SSSR count). The zero-order chi connectivity index (χ0) is 23.0. The molecule has 3 aromatic heterocycles. The molecule has 0 bridgehead atoms. The van der Waals surface area contributed by atoms with E-state index >= 15 is 0 Å². The van der Waals surface area contributed by atoms with E-state index in [1.165, 1.54) is 41.0 Å². The number of carbonyl (C=O) groups is 1. The van der Waals surface area contributed by atoms with Gasteiger partial charge in [-0.1, -0.05) is 41.7 Å². The molecule has 2 aromatic carbocycles.